The molecule has 0 unspecified atom stereocenters. The van der Waals surface area contributed by atoms with Crippen molar-refractivity contribution in [2.45, 2.75) is 66.2 Å². The molecule has 8 aromatic rings. The normalized spacial score (nSPS) is 11.0. The Labute approximate surface area is 357 Å². The van der Waals surface area contributed by atoms with Gasteiger partial charge in [-0.05, 0) is 24.0 Å². The van der Waals surface area contributed by atoms with Gasteiger partial charge in [-0.25, -0.2) is 0 Å². The summed E-state index contributed by atoms with van der Waals surface area (Å²) in [7, 11) is -2.98. The molecule has 0 N–H and O–H groups in total. The number of aryl methyl sites for hydroxylation is 2. The van der Waals surface area contributed by atoms with Gasteiger partial charge >= 0.3 is 25.8 Å². The van der Waals surface area contributed by atoms with E-state index in [1.165, 1.54) is 88.5 Å². The van der Waals surface area contributed by atoms with Crippen LogP contribution in [0.3, 0.4) is 0 Å². The second kappa shape index (κ2) is 20.7. The Morgan fingerprint density at radius 2 is 0.750 bits per heavy atom. The van der Waals surface area contributed by atoms with Gasteiger partial charge in [0.2, 0.25) is 0 Å². The average molecular weight is 912 g/mol. The van der Waals surface area contributed by atoms with Crippen LogP contribution in [0.2, 0.25) is 0 Å². The van der Waals surface area contributed by atoms with Gasteiger partial charge in [0, 0.05) is 0 Å². The molecule has 280 valence electrons. The molecule has 0 nitrogen and oxygen atoms in total. The molecule has 0 atom stereocenters. The first-order valence-corrected chi connectivity index (χ1v) is 22.3. The molecule has 8 aromatic carbocycles. The molecule has 0 saturated carbocycles. The van der Waals surface area contributed by atoms with Crippen LogP contribution in [-0.4, -0.2) is 8.07 Å². The maximum Gasteiger partial charge on any atom is 4.00 e. The van der Waals surface area contributed by atoms with Crippen molar-refractivity contribution in [1.82, 2.24) is 0 Å². The van der Waals surface area contributed by atoms with Crippen LogP contribution in [0.5, 0.6) is 0 Å². The fourth-order valence-electron chi connectivity index (χ4n) is 8.16. The molecule has 0 aliphatic rings. The Balaban J connectivity index is 0.000000612. The molecule has 0 bridgehead atoms. The van der Waals surface area contributed by atoms with E-state index < -0.39 is 8.07 Å². The van der Waals surface area contributed by atoms with Crippen LogP contribution in [0.15, 0.2) is 170 Å². The van der Waals surface area contributed by atoms with Gasteiger partial charge in [0.1, 0.15) is 0 Å². The van der Waals surface area contributed by atoms with Crippen molar-refractivity contribution in [2.24, 2.45) is 0 Å². The second-order valence-corrected chi connectivity index (χ2v) is 17.9. The average Bonchev–Trinajstić information content (AvgIpc) is 3.85. The van der Waals surface area contributed by atoms with Crippen molar-refractivity contribution in [3.63, 3.8) is 0 Å². The molecular formula is C54H56HfSi. The van der Waals surface area contributed by atoms with Crippen molar-refractivity contribution in [1.29, 1.82) is 0 Å². The molecule has 0 heterocycles. The smallest absolute Gasteiger partial charge is 0.343 e. The first-order valence-electron chi connectivity index (χ1n) is 20.3. The van der Waals surface area contributed by atoms with Crippen molar-refractivity contribution in [3.8, 4) is 22.3 Å². The van der Waals surface area contributed by atoms with Gasteiger partial charge in [0.05, 0.1) is 8.07 Å². The molecule has 0 spiro atoms. The quantitative estimate of drug-likeness (QED) is 0.0947. The standard InChI is InChI=1S/C46H38Si.2C4H9.Hf/c1-3-33-31-37-23-17-29-41(35-19-9-5-10-20-35)43(37)45(33)47(39-25-13-7-14-26-39,40-27-15-8-16-28-40)46-34(4-2)32-38-24-18-30-42(44(38)46)36-21-11-6-12-22-36;2*1-3-4-2;/h5-32H,3-4H2,1-2H3;2*1,3-4H2,2H3;/q-2;2*-1;+4. The Morgan fingerprint density at radius 1 is 0.429 bits per heavy atom. The van der Waals surface area contributed by atoms with E-state index >= 15 is 0 Å². The molecular weight excluding hydrogens is 855 g/mol. The third-order valence-corrected chi connectivity index (χ3v) is 15.8. The van der Waals surface area contributed by atoms with Gasteiger partial charge in [0.25, 0.3) is 0 Å². The van der Waals surface area contributed by atoms with Crippen LogP contribution in [0.25, 0.3) is 43.8 Å². The molecule has 0 amide bonds. The zero-order valence-electron chi connectivity index (χ0n) is 33.8. The summed E-state index contributed by atoms with van der Waals surface area (Å²) in [4.78, 5) is 0. The van der Waals surface area contributed by atoms with Crippen LogP contribution in [-0.2, 0) is 38.7 Å². The largest absolute Gasteiger partial charge is 4.00 e. The molecule has 8 rings (SSSR count). The number of hydrogen-bond acceptors (Lipinski definition) is 0. The summed E-state index contributed by atoms with van der Waals surface area (Å²) < 4.78 is 0. The van der Waals surface area contributed by atoms with Crippen molar-refractivity contribution < 1.29 is 25.8 Å². The minimum Gasteiger partial charge on any atom is -0.343 e. The van der Waals surface area contributed by atoms with Crippen molar-refractivity contribution >= 4 is 50.4 Å². The zero-order chi connectivity index (χ0) is 38.6. The summed E-state index contributed by atoms with van der Waals surface area (Å²) in [6.45, 7) is 16.1. The minimum atomic E-state index is -2.98. The van der Waals surface area contributed by atoms with E-state index in [-0.39, 0.29) is 25.8 Å². The topological polar surface area (TPSA) is 0 Å². The number of fused-ring (bicyclic) bond motifs is 2. The van der Waals surface area contributed by atoms with E-state index in [0.717, 1.165) is 25.7 Å². The van der Waals surface area contributed by atoms with E-state index in [9.17, 15) is 0 Å². The monoisotopic (exact) mass is 912 g/mol. The Bertz CT molecular complexity index is 2190. The van der Waals surface area contributed by atoms with Crippen LogP contribution >= 0.6 is 0 Å². The Hall–Kier alpha value is -4.37. The van der Waals surface area contributed by atoms with E-state index in [2.05, 4.69) is 211 Å². The van der Waals surface area contributed by atoms with Crippen LogP contribution in [0, 0.1) is 13.8 Å². The molecule has 0 fully saturated rings. The molecule has 56 heavy (non-hydrogen) atoms. The third kappa shape index (κ3) is 8.48. The molecule has 2 heteroatoms. The predicted molar refractivity (Wildman–Crippen MR) is 246 cm³/mol. The number of unbranched alkanes of at least 4 members (excludes halogenated alkanes) is 2. The Morgan fingerprint density at radius 3 is 1.05 bits per heavy atom. The van der Waals surface area contributed by atoms with E-state index in [1.807, 2.05) is 0 Å². The molecule has 0 aliphatic heterocycles. The van der Waals surface area contributed by atoms with Gasteiger partial charge in [-0.2, -0.15) is 12.8 Å². The van der Waals surface area contributed by atoms with E-state index in [0.29, 0.717) is 0 Å². The van der Waals surface area contributed by atoms with Crippen LogP contribution in [0.1, 0.15) is 64.5 Å². The molecule has 0 saturated heterocycles. The second-order valence-electron chi connectivity index (χ2n) is 14.3. The fraction of sp³-hybridized carbons (Fsp3) is 0.185. The number of benzene rings is 6. The maximum atomic E-state index is 3.60. The van der Waals surface area contributed by atoms with E-state index in [4.69, 9.17) is 0 Å². The SMILES string of the molecule is CCc1[cH-]c2cccc(-c3ccccc3)c2c1[Si](c1ccccc1)(c1ccccc1)c1c(CC)[cH-]c2cccc(-c3ccccc3)c12.[CH2-]CCC.[CH2-]CCC.[Hf+4]. The summed E-state index contributed by atoms with van der Waals surface area (Å²) in [5.41, 5.74) is 8.08. The summed E-state index contributed by atoms with van der Waals surface area (Å²) in [5.74, 6) is 0. The summed E-state index contributed by atoms with van der Waals surface area (Å²) >= 11 is 0. The van der Waals surface area contributed by atoms with Crippen molar-refractivity contribution in [3.05, 3.63) is 195 Å². The minimum absolute atomic E-state index is 0. The van der Waals surface area contributed by atoms with Crippen LogP contribution < -0.4 is 20.7 Å². The summed E-state index contributed by atoms with van der Waals surface area (Å²) in [5, 5.41) is 11.4. The van der Waals surface area contributed by atoms with Gasteiger partial charge in [-0.15, -0.1) is 79.4 Å². The fourth-order valence-corrected chi connectivity index (χ4v) is 14.0. The number of rotatable bonds is 10. The number of hydrogen-bond donors (Lipinski definition) is 0. The van der Waals surface area contributed by atoms with Gasteiger partial charge in [-0.1, -0.05) is 195 Å². The predicted octanol–water partition coefficient (Wildman–Crippen LogP) is 12.5. The maximum absolute atomic E-state index is 3.60. The van der Waals surface area contributed by atoms with Gasteiger partial charge in [-0.3, -0.25) is 0 Å². The first-order chi connectivity index (χ1) is 27.1. The Kier molecular flexibility index (Phi) is 15.8. The van der Waals surface area contributed by atoms with E-state index in [1.54, 1.807) is 0 Å². The third-order valence-electron chi connectivity index (χ3n) is 10.8. The van der Waals surface area contributed by atoms with Gasteiger partial charge in [0.15, 0.2) is 0 Å². The molecule has 0 aliphatic carbocycles. The zero-order valence-corrected chi connectivity index (χ0v) is 38.4. The molecule has 0 radical (unpaired) electrons. The molecule has 0 aromatic heterocycles. The van der Waals surface area contributed by atoms with Crippen molar-refractivity contribution in [2.75, 3.05) is 0 Å². The summed E-state index contributed by atoms with van der Waals surface area (Å²) in [6, 6.07) is 63.9. The van der Waals surface area contributed by atoms with Crippen LogP contribution in [0.4, 0.5) is 0 Å². The first kappa shape index (κ1) is 42.8. The van der Waals surface area contributed by atoms with Gasteiger partial charge < -0.3 is 13.8 Å². The summed E-state index contributed by atoms with van der Waals surface area (Å²) in [6.07, 6.45) is 6.50.